The standard InChI is InChI=1S/C16H16N6O.C2HF3O2/c17-16-14(22-6-5-12-10(9-22)8-18-19-12)7-13(20-21-16)11-3-1-2-4-15(11)23;3-2(4,5)1(6)7/h1-4,7-8,23H,5-6,9H2,(H2,17,21)(H,18,19);(H,6,7). The lowest BCUT2D eigenvalue weighted by Crippen LogP contribution is -2.31. The number of carboxylic acids is 1. The van der Waals surface area contributed by atoms with Crippen molar-refractivity contribution >= 4 is 17.5 Å². The summed E-state index contributed by atoms with van der Waals surface area (Å²) < 4.78 is 31.7. The number of aromatic hydroxyl groups is 1. The summed E-state index contributed by atoms with van der Waals surface area (Å²) in [6.45, 7) is 1.55. The van der Waals surface area contributed by atoms with Gasteiger partial charge in [-0.3, -0.25) is 5.10 Å². The molecule has 3 aromatic rings. The van der Waals surface area contributed by atoms with Gasteiger partial charge in [0.25, 0.3) is 0 Å². The Balaban J connectivity index is 0.000000318. The minimum absolute atomic E-state index is 0.174. The quantitative estimate of drug-likeness (QED) is 0.493. The number of fused-ring (bicyclic) bond motifs is 1. The van der Waals surface area contributed by atoms with E-state index < -0.39 is 12.1 Å². The monoisotopic (exact) mass is 422 g/mol. The van der Waals surface area contributed by atoms with Crippen molar-refractivity contribution in [3.05, 3.63) is 47.8 Å². The highest BCUT2D eigenvalue weighted by Crippen LogP contribution is 2.33. The second-order valence-corrected chi connectivity index (χ2v) is 6.37. The fraction of sp³-hybridized carbons (Fsp3) is 0.222. The number of halogens is 3. The zero-order chi connectivity index (χ0) is 21.9. The second-order valence-electron chi connectivity index (χ2n) is 6.37. The number of aromatic amines is 1. The van der Waals surface area contributed by atoms with Gasteiger partial charge in [0.05, 0.1) is 17.6 Å². The number of nitrogens with two attached hydrogens (primary N) is 1. The Morgan fingerprint density at radius 2 is 1.93 bits per heavy atom. The summed E-state index contributed by atoms with van der Waals surface area (Å²) >= 11 is 0. The predicted molar refractivity (Wildman–Crippen MR) is 101 cm³/mol. The number of nitrogen functional groups attached to an aromatic ring is 1. The van der Waals surface area contributed by atoms with Gasteiger partial charge in [0.15, 0.2) is 5.82 Å². The number of aliphatic carboxylic acids is 1. The molecule has 5 N–H and O–H groups in total. The topological polar surface area (TPSA) is 141 Å². The third kappa shape index (κ3) is 4.59. The van der Waals surface area contributed by atoms with Crippen LogP contribution < -0.4 is 10.6 Å². The molecule has 4 rings (SSSR count). The molecular weight excluding hydrogens is 405 g/mol. The molecule has 0 fully saturated rings. The first-order chi connectivity index (χ1) is 14.2. The highest BCUT2D eigenvalue weighted by molar-refractivity contribution is 5.74. The van der Waals surface area contributed by atoms with Gasteiger partial charge in [-0.25, -0.2) is 4.79 Å². The molecule has 1 aliphatic rings. The molecule has 0 unspecified atom stereocenters. The second kappa shape index (κ2) is 8.27. The lowest BCUT2D eigenvalue weighted by atomic mass is 10.1. The first kappa shape index (κ1) is 20.9. The van der Waals surface area contributed by atoms with Crippen molar-refractivity contribution < 1.29 is 28.2 Å². The van der Waals surface area contributed by atoms with E-state index in [0.717, 1.165) is 30.8 Å². The maximum absolute atomic E-state index is 10.6. The molecule has 2 aromatic heterocycles. The van der Waals surface area contributed by atoms with Crippen molar-refractivity contribution in [1.29, 1.82) is 0 Å². The van der Waals surface area contributed by atoms with E-state index in [1.165, 1.54) is 5.69 Å². The number of nitrogens with one attached hydrogen (secondary N) is 1. The van der Waals surface area contributed by atoms with Crippen LogP contribution in [-0.4, -0.2) is 49.3 Å². The van der Waals surface area contributed by atoms with E-state index in [-0.39, 0.29) is 5.75 Å². The smallest absolute Gasteiger partial charge is 0.490 e. The Morgan fingerprint density at radius 3 is 2.60 bits per heavy atom. The Kier molecular flexibility index (Phi) is 5.76. The molecule has 3 heterocycles. The minimum atomic E-state index is -5.08. The van der Waals surface area contributed by atoms with Gasteiger partial charge in [-0.05, 0) is 18.2 Å². The number of carboxylic acid groups (broad SMARTS) is 1. The van der Waals surface area contributed by atoms with Crippen LogP contribution in [0.1, 0.15) is 11.3 Å². The van der Waals surface area contributed by atoms with Crippen LogP contribution in [0.2, 0.25) is 0 Å². The normalized spacial score (nSPS) is 13.2. The Bertz CT molecular complexity index is 1050. The van der Waals surface area contributed by atoms with Crippen LogP contribution in [0.4, 0.5) is 24.7 Å². The van der Waals surface area contributed by atoms with Crippen molar-refractivity contribution in [2.24, 2.45) is 0 Å². The maximum atomic E-state index is 10.6. The van der Waals surface area contributed by atoms with Gasteiger partial charge < -0.3 is 20.8 Å². The number of alkyl halides is 3. The average molecular weight is 422 g/mol. The highest BCUT2D eigenvalue weighted by atomic mass is 19.4. The van der Waals surface area contributed by atoms with E-state index in [1.807, 2.05) is 24.4 Å². The molecule has 1 aliphatic heterocycles. The number of aromatic nitrogens is 4. The number of phenolic OH excluding ortho intramolecular Hbond substituents is 1. The van der Waals surface area contributed by atoms with E-state index in [0.29, 0.717) is 17.1 Å². The third-order valence-corrected chi connectivity index (χ3v) is 4.36. The number of hydrogen-bond acceptors (Lipinski definition) is 7. The van der Waals surface area contributed by atoms with Crippen LogP contribution in [0.25, 0.3) is 11.3 Å². The largest absolute Gasteiger partial charge is 0.507 e. The fourth-order valence-corrected chi connectivity index (χ4v) is 2.89. The molecule has 12 heteroatoms. The highest BCUT2D eigenvalue weighted by Gasteiger charge is 2.38. The van der Waals surface area contributed by atoms with Crippen LogP contribution >= 0.6 is 0 Å². The summed E-state index contributed by atoms with van der Waals surface area (Å²) in [5, 5.41) is 32.4. The summed E-state index contributed by atoms with van der Waals surface area (Å²) in [4.78, 5) is 11.1. The van der Waals surface area contributed by atoms with Gasteiger partial charge >= 0.3 is 12.1 Å². The van der Waals surface area contributed by atoms with Crippen molar-refractivity contribution in [2.75, 3.05) is 17.2 Å². The van der Waals surface area contributed by atoms with Gasteiger partial charge in [-0.15, -0.1) is 10.2 Å². The molecule has 0 saturated carbocycles. The summed E-state index contributed by atoms with van der Waals surface area (Å²) in [7, 11) is 0. The number of phenols is 1. The Hall–Kier alpha value is -3.83. The zero-order valence-electron chi connectivity index (χ0n) is 15.4. The van der Waals surface area contributed by atoms with Crippen molar-refractivity contribution in [3.63, 3.8) is 0 Å². The van der Waals surface area contributed by atoms with E-state index >= 15 is 0 Å². The number of rotatable bonds is 2. The van der Waals surface area contributed by atoms with Crippen LogP contribution in [-0.2, 0) is 17.8 Å². The average Bonchev–Trinajstić information content (AvgIpc) is 3.16. The van der Waals surface area contributed by atoms with E-state index in [4.69, 9.17) is 15.6 Å². The fourth-order valence-electron chi connectivity index (χ4n) is 2.89. The Labute approximate surface area is 168 Å². The van der Waals surface area contributed by atoms with Crippen LogP contribution in [0.5, 0.6) is 5.75 Å². The SMILES string of the molecule is Nc1nnc(-c2ccccc2O)cc1N1CCc2[nH]ncc2C1.O=C(O)C(F)(F)F. The van der Waals surface area contributed by atoms with Gasteiger partial charge in [-0.2, -0.15) is 18.3 Å². The summed E-state index contributed by atoms with van der Waals surface area (Å²) in [5.74, 6) is -2.20. The van der Waals surface area contributed by atoms with Gasteiger partial charge in [0.1, 0.15) is 5.75 Å². The van der Waals surface area contributed by atoms with Crippen LogP contribution in [0, 0.1) is 0 Å². The first-order valence-electron chi connectivity index (χ1n) is 8.64. The number of nitrogens with zero attached hydrogens (tertiary/aromatic N) is 4. The number of benzene rings is 1. The summed E-state index contributed by atoms with van der Waals surface area (Å²) in [6.07, 6.45) is -2.36. The molecule has 0 saturated heterocycles. The molecule has 1 aromatic carbocycles. The number of carbonyl (C=O) groups is 1. The van der Waals surface area contributed by atoms with Crippen molar-refractivity contribution in [2.45, 2.75) is 19.1 Å². The van der Waals surface area contributed by atoms with E-state index in [9.17, 15) is 18.3 Å². The summed E-state index contributed by atoms with van der Waals surface area (Å²) in [6, 6.07) is 8.94. The molecular formula is C18H17F3N6O3. The van der Waals surface area contributed by atoms with Crippen LogP contribution in [0.3, 0.4) is 0 Å². The lowest BCUT2D eigenvalue weighted by molar-refractivity contribution is -0.192. The maximum Gasteiger partial charge on any atom is 0.490 e. The van der Waals surface area contributed by atoms with Gasteiger partial charge in [-0.1, -0.05) is 12.1 Å². The Morgan fingerprint density at radius 1 is 1.23 bits per heavy atom. The third-order valence-electron chi connectivity index (χ3n) is 4.36. The molecule has 0 bridgehead atoms. The summed E-state index contributed by atoms with van der Waals surface area (Å²) in [5.41, 5.74) is 10.4. The van der Waals surface area contributed by atoms with E-state index in [1.54, 1.807) is 12.1 Å². The van der Waals surface area contributed by atoms with Crippen LogP contribution in [0.15, 0.2) is 36.5 Å². The van der Waals surface area contributed by atoms with Gasteiger partial charge in [0, 0.05) is 36.3 Å². The molecule has 9 nitrogen and oxygen atoms in total. The molecule has 30 heavy (non-hydrogen) atoms. The number of H-pyrrole nitrogens is 1. The minimum Gasteiger partial charge on any atom is -0.507 e. The molecule has 0 atom stereocenters. The molecule has 0 radical (unpaired) electrons. The number of hydrogen-bond donors (Lipinski definition) is 4. The number of para-hydroxylation sites is 1. The lowest BCUT2D eigenvalue weighted by Gasteiger charge is -2.29. The first-order valence-corrected chi connectivity index (χ1v) is 8.64. The predicted octanol–water partition coefficient (Wildman–Crippen LogP) is 2.35. The molecule has 158 valence electrons. The molecule has 0 amide bonds. The van der Waals surface area contributed by atoms with E-state index in [2.05, 4.69) is 25.3 Å². The van der Waals surface area contributed by atoms with Crippen molar-refractivity contribution in [3.8, 4) is 17.0 Å². The number of anilines is 2. The van der Waals surface area contributed by atoms with Crippen molar-refractivity contribution in [1.82, 2.24) is 20.4 Å². The molecule has 0 aliphatic carbocycles. The zero-order valence-corrected chi connectivity index (χ0v) is 15.4. The van der Waals surface area contributed by atoms with Gasteiger partial charge in [0.2, 0.25) is 0 Å². The molecule has 0 spiro atoms.